The van der Waals surface area contributed by atoms with Gasteiger partial charge < -0.3 is 20.7 Å². The molecule has 3 N–H and O–H groups in total. The van der Waals surface area contributed by atoms with Crippen LogP contribution in [0.4, 0.5) is 0 Å². The van der Waals surface area contributed by atoms with Crippen molar-refractivity contribution in [2.75, 3.05) is 39.3 Å². The van der Waals surface area contributed by atoms with Gasteiger partial charge in [0.15, 0.2) is 0 Å². The standard InChI is InChI=1S/C12H25N3O/c13-11-3-6-15(7-4-11)8-5-14-10-12-2-1-9-16-12/h11-12,14H,1-10,13H2. The molecule has 2 aliphatic heterocycles. The summed E-state index contributed by atoms with van der Waals surface area (Å²) in [4.78, 5) is 2.51. The lowest BCUT2D eigenvalue weighted by Gasteiger charge is -2.30. The van der Waals surface area contributed by atoms with Gasteiger partial charge >= 0.3 is 0 Å². The van der Waals surface area contributed by atoms with Gasteiger partial charge in [-0.3, -0.25) is 0 Å². The number of nitrogens with one attached hydrogen (secondary N) is 1. The summed E-state index contributed by atoms with van der Waals surface area (Å²) in [5, 5.41) is 3.49. The van der Waals surface area contributed by atoms with Crippen LogP contribution in [0.15, 0.2) is 0 Å². The van der Waals surface area contributed by atoms with E-state index in [1.54, 1.807) is 0 Å². The summed E-state index contributed by atoms with van der Waals surface area (Å²) in [6.45, 7) is 6.55. The molecule has 94 valence electrons. The minimum Gasteiger partial charge on any atom is -0.377 e. The fourth-order valence-electron chi connectivity index (χ4n) is 2.48. The van der Waals surface area contributed by atoms with Crippen molar-refractivity contribution in [3.05, 3.63) is 0 Å². The Morgan fingerprint density at radius 3 is 2.75 bits per heavy atom. The molecule has 0 bridgehead atoms. The molecule has 0 amide bonds. The summed E-state index contributed by atoms with van der Waals surface area (Å²) >= 11 is 0. The van der Waals surface area contributed by atoms with Crippen molar-refractivity contribution < 1.29 is 4.74 Å². The highest BCUT2D eigenvalue weighted by atomic mass is 16.5. The van der Waals surface area contributed by atoms with Crippen LogP contribution in [0.3, 0.4) is 0 Å². The van der Waals surface area contributed by atoms with E-state index in [1.807, 2.05) is 0 Å². The predicted molar refractivity (Wildman–Crippen MR) is 65.5 cm³/mol. The molecule has 4 heteroatoms. The highest BCUT2D eigenvalue weighted by Crippen LogP contribution is 2.10. The third-order valence-electron chi connectivity index (χ3n) is 3.63. The van der Waals surface area contributed by atoms with Crippen molar-refractivity contribution in [2.24, 2.45) is 5.73 Å². The maximum Gasteiger partial charge on any atom is 0.0700 e. The molecule has 0 radical (unpaired) electrons. The van der Waals surface area contributed by atoms with Crippen molar-refractivity contribution in [1.29, 1.82) is 0 Å². The maximum absolute atomic E-state index is 5.88. The molecule has 0 aromatic carbocycles. The number of hydrogen-bond donors (Lipinski definition) is 2. The molecule has 2 aliphatic rings. The van der Waals surface area contributed by atoms with Gasteiger partial charge in [0, 0.05) is 32.3 Å². The third kappa shape index (κ3) is 4.01. The number of hydrogen-bond acceptors (Lipinski definition) is 4. The number of piperidine rings is 1. The Morgan fingerprint density at radius 2 is 2.06 bits per heavy atom. The van der Waals surface area contributed by atoms with Crippen molar-refractivity contribution >= 4 is 0 Å². The number of ether oxygens (including phenoxy) is 1. The van der Waals surface area contributed by atoms with Crippen LogP contribution < -0.4 is 11.1 Å². The molecular weight excluding hydrogens is 202 g/mol. The zero-order chi connectivity index (χ0) is 11.2. The topological polar surface area (TPSA) is 50.5 Å². The van der Waals surface area contributed by atoms with Crippen LogP contribution in [0.5, 0.6) is 0 Å². The van der Waals surface area contributed by atoms with Gasteiger partial charge in [0.2, 0.25) is 0 Å². The van der Waals surface area contributed by atoms with Crippen molar-refractivity contribution in [2.45, 2.75) is 37.8 Å². The first kappa shape index (κ1) is 12.3. The largest absolute Gasteiger partial charge is 0.377 e. The van der Waals surface area contributed by atoms with Gasteiger partial charge in [-0.05, 0) is 38.8 Å². The van der Waals surface area contributed by atoms with E-state index in [2.05, 4.69) is 10.2 Å². The SMILES string of the molecule is NC1CCN(CCNCC2CCCO2)CC1. The summed E-state index contributed by atoms with van der Waals surface area (Å²) < 4.78 is 5.57. The molecule has 0 aliphatic carbocycles. The second-order valence-corrected chi connectivity index (χ2v) is 5.02. The second kappa shape index (κ2) is 6.55. The summed E-state index contributed by atoms with van der Waals surface area (Å²) in [5.41, 5.74) is 5.88. The van der Waals surface area contributed by atoms with E-state index >= 15 is 0 Å². The lowest BCUT2D eigenvalue weighted by atomic mass is 10.1. The van der Waals surface area contributed by atoms with E-state index in [0.717, 1.165) is 39.1 Å². The predicted octanol–water partition coefficient (Wildman–Crippen LogP) is 0.178. The number of likely N-dealkylation sites (tertiary alicyclic amines) is 1. The number of rotatable bonds is 5. The molecule has 2 heterocycles. The minimum atomic E-state index is 0.441. The quantitative estimate of drug-likeness (QED) is 0.658. The molecule has 4 nitrogen and oxygen atoms in total. The van der Waals surface area contributed by atoms with Gasteiger partial charge in [-0.2, -0.15) is 0 Å². The highest BCUT2D eigenvalue weighted by Gasteiger charge is 2.16. The van der Waals surface area contributed by atoms with Gasteiger partial charge in [0.1, 0.15) is 0 Å². The van der Waals surface area contributed by atoms with Crippen LogP contribution >= 0.6 is 0 Å². The lowest BCUT2D eigenvalue weighted by molar-refractivity contribution is 0.109. The van der Waals surface area contributed by atoms with Crippen LogP contribution in [-0.2, 0) is 4.74 Å². The molecule has 0 aromatic rings. The fourth-order valence-corrected chi connectivity index (χ4v) is 2.48. The van der Waals surface area contributed by atoms with Gasteiger partial charge in [0.05, 0.1) is 6.10 Å². The average molecular weight is 227 g/mol. The molecule has 1 atom stereocenters. The minimum absolute atomic E-state index is 0.441. The van der Waals surface area contributed by atoms with E-state index in [1.165, 1.54) is 25.9 Å². The van der Waals surface area contributed by atoms with Crippen LogP contribution in [0.2, 0.25) is 0 Å². The van der Waals surface area contributed by atoms with Crippen molar-refractivity contribution in [1.82, 2.24) is 10.2 Å². The first-order valence-corrected chi connectivity index (χ1v) is 6.65. The van der Waals surface area contributed by atoms with Crippen molar-refractivity contribution in [3.63, 3.8) is 0 Å². The zero-order valence-corrected chi connectivity index (χ0v) is 10.2. The number of nitrogens with two attached hydrogens (primary N) is 1. The first-order chi connectivity index (χ1) is 7.84. The Bertz CT molecular complexity index is 187. The summed E-state index contributed by atoms with van der Waals surface area (Å²) in [6.07, 6.45) is 5.24. The monoisotopic (exact) mass is 227 g/mol. The van der Waals surface area contributed by atoms with E-state index < -0.39 is 0 Å². The zero-order valence-electron chi connectivity index (χ0n) is 10.2. The lowest BCUT2D eigenvalue weighted by Crippen LogP contribution is -2.43. The van der Waals surface area contributed by atoms with E-state index in [0.29, 0.717) is 12.1 Å². The van der Waals surface area contributed by atoms with Gasteiger partial charge in [-0.15, -0.1) is 0 Å². The van der Waals surface area contributed by atoms with Crippen LogP contribution in [0, 0.1) is 0 Å². The molecular formula is C12H25N3O. The molecule has 2 saturated heterocycles. The van der Waals surface area contributed by atoms with Gasteiger partial charge in [-0.25, -0.2) is 0 Å². The molecule has 2 rings (SSSR count). The highest BCUT2D eigenvalue weighted by molar-refractivity contribution is 4.75. The average Bonchev–Trinajstić information content (AvgIpc) is 2.80. The Balaban J connectivity index is 1.48. The van der Waals surface area contributed by atoms with E-state index in [4.69, 9.17) is 10.5 Å². The molecule has 0 aromatic heterocycles. The first-order valence-electron chi connectivity index (χ1n) is 6.65. The molecule has 0 spiro atoms. The summed E-state index contributed by atoms with van der Waals surface area (Å²) in [5.74, 6) is 0. The number of nitrogens with zero attached hydrogens (tertiary/aromatic N) is 1. The molecule has 16 heavy (non-hydrogen) atoms. The van der Waals surface area contributed by atoms with E-state index in [9.17, 15) is 0 Å². The van der Waals surface area contributed by atoms with Crippen LogP contribution in [0.25, 0.3) is 0 Å². The second-order valence-electron chi connectivity index (χ2n) is 5.02. The van der Waals surface area contributed by atoms with E-state index in [-0.39, 0.29) is 0 Å². The Kier molecular flexibility index (Phi) is 5.03. The Labute approximate surface area is 98.5 Å². The summed E-state index contributed by atoms with van der Waals surface area (Å²) in [7, 11) is 0. The molecule has 1 unspecified atom stereocenters. The van der Waals surface area contributed by atoms with Crippen LogP contribution in [0.1, 0.15) is 25.7 Å². The fraction of sp³-hybridized carbons (Fsp3) is 1.00. The molecule has 2 fully saturated rings. The maximum atomic E-state index is 5.88. The third-order valence-corrected chi connectivity index (χ3v) is 3.63. The normalized spacial score (nSPS) is 28.7. The summed E-state index contributed by atoms with van der Waals surface area (Å²) in [6, 6.07) is 0.441. The smallest absolute Gasteiger partial charge is 0.0700 e. The van der Waals surface area contributed by atoms with Gasteiger partial charge in [0.25, 0.3) is 0 Å². The van der Waals surface area contributed by atoms with Crippen molar-refractivity contribution in [3.8, 4) is 0 Å². The molecule has 0 saturated carbocycles. The Morgan fingerprint density at radius 1 is 1.25 bits per heavy atom. The van der Waals surface area contributed by atoms with Gasteiger partial charge in [-0.1, -0.05) is 0 Å². The van der Waals surface area contributed by atoms with Crippen LogP contribution in [-0.4, -0.2) is 56.4 Å². The Hall–Kier alpha value is -0.160.